The van der Waals surface area contributed by atoms with Crippen LogP contribution >= 0.6 is 0 Å². The lowest BCUT2D eigenvalue weighted by molar-refractivity contribution is -0.976. The molecule has 1 aliphatic heterocycles. The topological polar surface area (TPSA) is 32.6 Å². The molecule has 0 fully saturated rings. The van der Waals surface area contributed by atoms with Crippen LogP contribution in [-0.4, -0.2) is 41.3 Å². The Hall–Kier alpha value is -0.670. The summed E-state index contributed by atoms with van der Waals surface area (Å²) in [5.41, 5.74) is 0. The van der Waals surface area contributed by atoms with E-state index in [1.165, 1.54) is 25.7 Å². The maximum atomic E-state index is 10.0. The summed E-state index contributed by atoms with van der Waals surface area (Å²) in [4.78, 5) is 4.58. The van der Waals surface area contributed by atoms with Gasteiger partial charge >= 0.3 is 0 Å². The van der Waals surface area contributed by atoms with Crippen molar-refractivity contribution >= 4 is 6.21 Å². The van der Waals surface area contributed by atoms with Gasteiger partial charge in [0.1, 0.15) is 6.54 Å². The van der Waals surface area contributed by atoms with Crippen LogP contribution in [0.2, 0.25) is 0 Å². The monoisotopic (exact) mass is 267 g/mol. The van der Waals surface area contributed by atoms with E-state index in [1.807, 2.05) is 13.1 Å². The number of nitrogens with zero attached hydrogens (tertiary/aromatic N) is 2. The maximum Gasteiger partial charge on any atom is 0.189 e. The predicted octanol–water partition coefficient (Wildman–Crippen LogP) is 3.49. The van der Waals surface area contributed by atoms with Crippen molar-refractivity contribution in [1.82, 2.24) is 0 Å². The molecule has 19 heavy (non-hydrogen) atoms. The fourth-order valence-electron chi connectivity index (χ4n) is 2.91. The van der Waals surface area contributed by atoms with Crippen LogP contribution in [0.1, 0.15) is 59.3 Å². The number of hydrogen-bond acceptors (Lipinski definition) is 2. The minimum Gasteiger partial charge on any atom is -0.345 e. The summed E-state index contributed by atoms with van der Waals surface area (Å²) < 4.78 is 0.712. The average molecular weight is 267 g/mol. The third-order valence-corrected chi connectivity index (χ3v) is 4.36. The summed E-state index contributed by atoms with van der Waals surface area (Å²) in [5.74, 6) is 0. The third kappa shape index (κ3) is 4.43. The zero-order chi connectivity index (χ0) is 14.1. The Morgan fingerprint density at radius 2 is 2.05 bits per heavy atom. The van der Waals surface area contributed by atoms with Crippen molar-refractivity contribution < 1.29 is 9.59 Å². The minimum absolute atomic E-state index is 0.241. The fraction of sp³-hybridized carbons (Fsp3) is 0.812. The van der Waals surface area contributed by atoms with E-state index in [4.69, 9.17) is 0 Å². The molecule has 3 heteroatoms. The van der Waals surface area contributed by atoms with E-state index in [0.717, 1.165) is 25.9 Å². The number of quaternary nitrogens is 1. The summed E-state index contributed by atoms with van der Waals surface area (Å²) in [6, 6.07) is 0. The normalized spacial score (nSPS) is 28.3. The van der Waals surface area contributed by atoms with E-state index in [0.29, 0.717) is 4.48 Å². The molecule has 3 unspecified atom stereocenters. The molecular weight excluding hydrogens is 236 g/mol. The molecule has 0 aliphatic carbocycles. The van der Waals surface area contributed by atoms with Gasteiger partial charge in [-0.3, -0.25) is 4.48 Å². The van der Waals surface area contributed by atoms with Gasteiger partial charge in [0.2, 0.25) is 0 Å². The van der Waals surface area contributed by atoms with Crippen molar-refractivity contribution in [2.45, 2.75) is 71.7 Å². The van der Waals surface area contributed by atoms with Gasteiger partial charge in [-0.2, -0.15) is 0 Å². The summed E-state index contributed by atoms with van der Waals surface area (Å²) >= 11 is 0. The lowest BCUT2D eigenvalue weighted by Gasteiger charge is -2.40. The first-order valence-corrected chi connectivity index (χ1v) is 7.88. The molecule has 0 bridgehead atoms. The van der Waals surface area contributed by atoms with Crippen molar-refractivity contribution in [3.8, 4) is 0 Å². The van der Waals surface area contributed by atoms with Crippen LogP contribution in [0.15, 0.2) is 17.1 Å². The molecule has 0 amide bonds. The number of aliphatic hydroxyl groups is 1. The fourth-order valence-corrected chi connectivity index (χ4v) is 2.91. The van der Waals surface area contributed by atoms with Crippen molar-refractivity contribution in [3.63, 3.8) is 0 Å². The number of allylic oxidation sites excluding steroid dienone is 2. The molecule has 0 aromatic heterocycles. The zero-order valence-corrected chi connectivity index (χ0v) is 12.9. The predicted molar refractivity (Wildman–Crippen MR) is 82.1 cm³/mol. The van der Waals surface area contributed by atoms with Crippen LogP contribution < -0.4 is 0 Å². The van der Waals surface area contributed by atoms with Gasteiger partial charge in [0.15, 0.2) is 12.4 Å². The van der Waals surface area contributed by atoms with E-state index in [1.54, 1.807) is 0 Å². The second-order valence-corrected chi connectivity index (χ2v) is 5.59. The zero-order valence-electron chi connectivity index (χ0n) is 12.9. The quantitative estimate of drug-likeness (QED) is 0.387. The van der Waals surface area contributed by atoms with Crippen LogP contribution in [0.3, 0.4) is 0 Å². The first-order chi connectivity index (χ1) is 9.17. The molecule has 110 valence electrons. The van der Waals surface area contributed by atoms with Crippen molar-refractivity contribution in [2.75, 3.05) is 13.1 Å². The minimum atomic E-state index is -0.328. The van der Waals surface area contributed by atoms with Crippen LogP contribution in [-0.2, 0) is 0 Å². The van der Waals surface area contributed by atoms with Crippen molar-refractivity contribution in [2.24, 2.45) is 4.99 Å². The second-order valence-electron chi connectivity index (χ2n) is 5.59. The highest BCUT2D eigenvalue weighted by molar-refractivity contribution is 5.60. The summed E-state index contributed by atoms with van der Waals surface area (Å²) in [6.45, 7) is 8.10. The Balaban J connectivity index is 2.33. The first-order valence-electron chi connectivity index (χ1n) is 7.88. The molecule has 3 atom stereocenters. The Morgan fingerprint density at radius 1 is 1.32 bits per heavy atom. The van der Waals surface area contributed by atoms with Gasteiger partial charge < -0.3 is 5.11 Å². The molecule has 0 radical (unpaired) electrons. The smallest absolute Gasteiger partial charge is 0.189 e. The molecule has 0 saturated heterocycles. The Kier molecular flexibility index (Phi) is 7.32. The van der Waals surface area contributed by atoms with Crippen molar-refractivity contribution in [1.29, 1.82) is 0 Å². The largest absolute Gasteiger partial charge is 0.345 e. The highest BCUT2D eigenvalue weighted by Gasteiger charge is 2.41. The summed E-state index contributed by atoms with van der Waals surface area (Å²) in [5, 5.41) is 10.0. The SMILES string of the molecule is CCCCC/C=C/CCC1N=CC[N+]1(CC)C(C)O. The molecule has 0 spiro atoms. The van der Waals surface area contributed by atoms with E-state index >= 15 is 0 Å². The Bertz CT molecular complexity index is 299. The number of rotatable bonds is 9. The van der Waals surface area contributed by atoms with Gasteiger partial charge in [-0.15, -0.1) is 0 Å². The molecule has 1 rings (SSSR count). The molecule has 0 saturated carbocycles. The number of aliphatic imine (C=N–C) groups is 1. The average Bonchev–Trinajstić information content (AvgIpc) is 2.82. The van der Waals surface area contributed by atoms with E-state index in [9.17, 15) is 5.11 Å². The van der Waals surface area contributed by atoms with E-state index in [2.05, 4.69) is 31.0 Å². The molecule has 1 heterocycles. The Morgan fingerprint density at radius 3 is 2.68 bits per heavy atom. The highest BCUT2D eigenvalue weighted by Crippen LogP contribution is 2.26. The van der Waals surface area contributed by atoms with Crippen LogP contribution in [0.4, 0.5) is 0 Å². The number of unbranched alkanes of at least 4 members (excludes halogenated alkanes) is 3. The van der Waals surface area contributed by atoms with Gasteiger partial charge in [-0.1, -0.05) is 31.9 Å². The van der Waals surface area contributed by atoms with Crippen LogP contribution in [0.5, 0.6) is 0 Å². The second kappa shape index (κ2) is 8.49. The summed E-state index contributed by atoms with van der Waals surface area (Å²) in [7, 11) is 0. The Labute approximate surface area is 118 Å². The van der Waals surface area contributed by atoms with Gasteiger partial charge in [-0.25, -0.2) is 4.99 Å². The van der Waals surface area contributed by atoms with Gasteiger partial charge in [0, 0.05) is 13.3 Å². The standard InChI is InChI=1S/C16H31N2O/c1-4-6-7-8-9-10-11-12-16-17-13-14-18(16,5-2)15(3)19/h9-10,13,15-16,19H,4-8,11-12,14H2,1-3H3/q+1/b10-9+. The maximum absolute atomic E-state index is 10.0. The number of aliphatic hydroxyl groups excluding tert-OH is 1. The first kappa shape index (κ1) is 16.4. The van der Waals surface area contributed by atoms with E-state index in [-0.39, 0.29) is 12.4 Å². The lowest BCUT2D eigenvalue weighted by Crippen LogP contribution is -2.57. The summed E-state index contributed by atoms with van der Waals surface area (Å²) in [6.07, 6.45) is 13.7. The molecule has 0 aromatic carbocycles. The highest BCUT2D eigenvalue weighted by atomic mass is 16.3. The van der Waals surface area contributed by atoms with Gasteiger partial charge in [0.05, 0.1) is 12.8 Å². The molecule has 3 nitrogen and oxygen atoms in total. The van der Waals surface area contributed by atoms with Gasteiger partial charge in [0.25, 0.3) is 0 Å². The van der Waals surface area contributed by atoms with Crippen LogP contribution in [0, 0.1) is 0 Å². The van der Waals surface area contributed by atoms with Crippen molar-refractivity contribution in [3.05, 3.63) is 12.2 Å². The molecule has 0 aromatic rings. The third-order valence-electron chi connectivity index (χ3n) is 4.36. The lowest BCUT2D eigenvalue weighted by atomic mass is 10.1. The number of hydrogen-bond donors (Lipinski definition) is 1. The van der Waals surface area contributed by atoms with Crippen LogP contribution in [0.25, 0.3) is 0 Å². The molecular formula is C16H31N2O+. The molecule has 1 aliphatic rings. The molecule has 1 N–H and O–H groups in total. The van der Waals surface area contributed by atoms with Gasteiger partial charge in [-0.05, 0) is 26.2 Å². The van der Waals surface area contributed by atoms with E-state index < -0.39 is 0 Å².